The quantitative estimate of drug-likeness (QED) is 0.491. The number of phenols is 2. The van der Waals surface area contributed by atoms with Crippen LogP contribution in [0, 0.1) is 0 Å². The highest BCUT2D eigenvalue weighted by molar-refractivity contribution is 5.91. The fourth-order valence-electron chi connectivity index (χ4n) is 1.80. The topological polar surface area (TPSA) is 102 Å². The molecule has 0 saturated heterocycles. The monoisotopic (exact) mass is 300 g/mol. The smallest absolute Gasteiger partial charge is 0.247 e. The van der Waals surface area contributed by atoms with Crippen LogP contribution >= 0.6 is 0 Å². The van der Waals surface area contributed by atoms with Crippen LogP contribution in [0.25, 0.3) is 6.08 Å². The lowest BCUT2D eigenvalue weighted by Crippen LogP contribution is -2.23. The zero-order valence-electron chi connectivity index (χ0n) is 11.7. The van der Waals surface area contributed by atoms with Crippen LogP contribution in [-0.2, 0) is 11.2 Å². The van der Waals surface area contributed by atoms with Gasteiger partial charge in [-0.2, -0.15) is 0 Å². The Morgan fingerprint density at radius 3 is 2.68 bits per heavy atom. The number of aromatic nitrogens is 1. The molecule has 114 valence electrons. The molecule has 0 saturated carbocycles. The van der Waals surface area contributed by atoms with E-state index in [4.69, 9.17) is 0 Å². The summed E-state index contributed by atoms with van der Waals surface area (Å²) >= 11 is 0. The van der Waals surface area contributed by atoms with E-state index in [1.807, 2.05) is 0 Å². The molecule has 1 aromatic heterocycles. The lowest BCUT2D eigenvalue weighted by molar-refractivity contribution is -0.116. The highest BCUT2D eigenvalue weighted by atomic mass is 16.3. The minimum atomic E-state index is -0.267. The third kappa shape index (κ3) is 4.52. The highest BCUT2D eigenvalue weighted by Gasteiger charge is 2.00. The molecule has 22 heavy (non-hydrogen) atoms. The summed E-state index contributed by atoms with van der Waals surface area (Å²) in [7, 11) is 0. The molecule has 0 spiro atoms. The number of H-pyrrole nitrogens is 1. The number of nitrogens with one attached hydrogen (secondary N) is 2. The molecule has 0 bridgehead atoms. The van der Waals surface area contributed by atoms with Gasteiger partial charge in [0.1, 0.15) is 0 Å². The Balaban J connectivity index is 1.82. The van der Waals surface area contributed by atoms with Gasteiger partial charge in [0.05, 0.1) is 0 Å². The maximum Gasteiger partial charge on any atom is 0.247 e. The average Bonchev–Trinajstić information content (AvgIpc) is 2.50. The van der Waals surface area contributed by atoms with E-state index in [0.29, 0.717) is 18.5 Å². The number of benzene rings is 1. The van der Waals surface area contributed by atoms with Crippen molar-refractivity contribution in [2.75, 3.05) is 6.54 Å². The second kappa shape index (κ2) is 7.12. The van der Waals surface area contributed by atoms with Crippen LogP contribution in [-0.4, -0.2) is 27.6 Å². The second-order valence-corrected chi connectivity index (χ2v) is 4.68. The maximum absolute atomic E-state index is 11.6. The zero-order chi connectivity index (χ0) is 15.9. The van der Waals surface area contributed by atoms with Crippen LogP contribution in [0.5, 0.6) is 11.5 Å². The van der Waals surface area contributed by atoms with E-state index in [0.717, 1.165) is 5.56 Å². The van der Waals surface area contributed by atoms with Crippen molar-refractivity contribution in [1.82, 2.24) is 10.3 Å². The molecule has 1 heterocycles. The predicted octanol–water partition coefficient (Wildman–Crippen LogP) is 1.16. The van der Waals surface area contributed by atoms with Crippen LogP contribution in [0.3, 0.4) is 0 Å². The first-order valence-electron chi connectivity index (χ1n) is 6.70. The van der Waals surface area contributed by atoms with Gasteiger partial charge in [-0.3, -0.25) is 9.59 Å². The zero-order valence-corrected chi connectivity index (χ0v) is 11.7. The van der Waals surface area contributed by atoms with Crippen molar-refractivity contribution in [3.05, 3.63) is 64.1 Å². The summed E-state index contributed by atoms with van der Waals surface area (Å²) in [6.07, 6.45) is 5.10. The standard InChI is InChI=1S/C16H16N2O4/c19-13-4-1-11(9-14(13)20)2-5-15(21)17-8-7-12-3-6-16(22)18-10-12/h1-6,9-10,19-20H,7-8H2,(H,17,21)(H,18,22)/b5-2+. The van der Waals surface area contributed by atoms with Gasteiger partial charge in [-0.1, -0.05) is 12.1 Å². The lowest BCUT2D eigenvalue weighted by Gasteiger charge is -2.02. The second-order valence-electron chi connectivity index (χ2n) is 4.68. The maximum atomic E-state index is 11.6. The highest BCUT2D eigenvalue weighted by Crippen LogP contribution is 2.25. The van der Waals surface area contributed by atoms with E-state index in [2.05, 4.69) is 10.3 Å². The summed E-state index contributed by atoms with van der Waals surface area (Å²) in [6.45, 7) is 0.441. The Morgan fingerprint density at radius 2 is 2.00 bits per heavy atom. The minimum absolute atomic E-state index is 0.159. The number of carbonyl (C=O) groups excluding carboxylic acids is 1. The molecule has 4 N–H and O–H groups in total. The predicted molar refractivity (Wildman–Crippen MR) is 82.6 cm³/mol. The average molecular weight is 300 g/mol. The van der Waals surface area contributed by atoms with Gasteiger partial charge in [0.15, 0.2) is 11.5 Å². The van der Waals surface area contributed by atoms with E-state index >= 15 is 0 Å². The molecule has 0 radical (unpaired) electrons. The number of aromatic amines is 1. The molecular formula is C16H16N2O4. The summed E-state index contributed by atoms with van der Waals surface area (Å²) in [4.78, 5) is 25.1. The van der Waals surface area contributed by atoms with Gasteiger partial charge in [-0.25, -0.2) is 0 Å². The number of amides is 1. The van der Waals surface area contributed by atoms with E-state index in [1.54, 1.807) is 18.3 Å². The molecular weight excluding hydrogens is 284 g/mol. The van der Waals surface area contributed by atoms with Crippen molar-refractivity contribution in [3.63, 3.8) is 0 Å². The van der Waals surface area contributed by atoms with Crippen LogP contribution < -0.4 is 10.9 Å². The van der Waals surface area contributed by atoms with E-state index in [-0.39, 0.29) is 23.0 Å². The molecule has 0 fully saturated rings. The first kappa shape index (κ1) is 15.4. The molecule has 0 aliphatic rings. The molecule has 0 unspecified atom stereocenters. The number of rotatable bonds is 5. The summed E-state index contributed by atoms with van der Waals surface area (Å²) in [5.74, 6) is -0.708. The number of hydrogen-bond acceptors (Lipinski definition) is 4. The largest absolute Gasteiger partial charge is 0.504 e. The van der Waals surface area contributed by atoms with Crippen molar-refractivity contribution in [2.24, 2.45) is 0 Å². The number of phenolic OH excluding ortho intramolecular Hbond substituents is 2. The van der Waals surface area contributed by atoms with E-state index in [9.17, 15) is 19.8 Å². The summed E-state index contributed by atoms with van der Waals surface area (Å²) in [6, 6.07) is 7.44. The molecule has 0 aliphatic carbocycles. The number of hydrogen-bond donors (Lipinski definition) is 4. The molecule has 1 amide bonds. The van der Waals surface area contributed by atoms with Gasteiger partial charge in [-0.05, 0) is 35.8 Å². The molecule has 0 atom stereocenters. The molecule has 0 aliphatic heterocycles. The summed E-state index contributed by atoms with van der Waals surface area (Å²) in [5, 5.41) is 21.2. The molecule has 2 rings (SSSR count). The fraction of sp³-hybridized carbons (Fsp3) is 0.125. The Hall–Kier alpha value is -3.02. The number of pyridine rings is 1. The van der Waals surface area contributed by atoms with Gasteiger partial charge in [0.25, 0.3) is 0 Å². The van der Waals surface area contributed by atoms with Crippen molar-refractivity contribution in [3.8, 4) is 11.5 Å². The summed E-state index contributed by atoms with van der Waals surface area (Å²) in [5.41, 5.74) is 1.37. The first-order valence-corrected chi connectivity index (χ1v) is 6.70. The van der Waals surface area contributed by atoms with Crippen molar-refractivity contribution in [2.45, 2.75) is 6.42 Å². The van der Waals surface area contributed by atoms with Crippen LogP contribution in [0.4, 0.5) is 0 Å². The molecule has 6 nitrogen and oxygen atoms in total. The van der Waals surface area contributed by atoms with Crippen molar-refractivity contribution >= 4 is 12.0 Å². The molecule has 2 aromatic rings. The fourth-order valence-corrected chi connectivity index (χ4v) is 1.80. The minimum Gasteiger partial charge on any atom is -0.504 e. The third-order valence-corrected chi connectivity index (χ3v) is 2.99. The first-order chi connectivity index (χ1) is 10.5. The Kier molecular flexibility index (Phi) is 4.98. The van der Waals surface area contributed by atoms with Crippen molar-refractivity contribution in [1.29, 1.82) is 0 Å². The van der Waals surface area contributed by atoms with E-state index in [1.165, 1.54) is 30.4 Å². The Labute approximate surface area is 126 Å². The Bertz CT molecular complexity index is 730. The number of aromatic hydroxyl groups is 2. The van der Waals surface area contributed by atoms with Gasteiger partial charge in [0, 0.05) is 24.9 Å². The van der Waals surface area contributed by atoms with Crippen LogP contribution in [0.15, 0.2) is 47.4 Å². The van der Waals surface area contributed by atoms with Crippen LogP contribution in [0.1, 0.15) is 11.1 Å². The van der Waals surface area contributed by atoms with Gasteiger partial charge in [-0.15, -0.1) is 0 Å². The van der Waals surface area contributed by atoms with E-state index < -0.39 is 0 Å². The number of carbonyl (C=O) groups is 1. The van der Waals surface area contributed by atoms with Gasteiger partial charge in [0.2, 0.25) is 11.5 Å². The summed E-state index contributed by atoms with van der Waals surface area (Å²) < 4.78 is 0. The van der Waals surface area contributed by atoms with Crippen molar-refractivity contribution < 1.29 is 15.0 Å². The SMILES string of the molecule is O=C(/C=C/c1ccc(O)c(O)c1)NCCc1ccc(=O)[nH]c1. The normalized spacial score (nSPS) is 10.7. The Morgan fingerprint density at radius 1 is 1.18 bits per heavy atom. The third-order valence-electron chi connectivity index (χ3n) is 2.99. The molecule has 6 heteroatoms. The van der Waals surface area contributed by atoms with Crippen LogP contribution in [0.2, 0.25) is 0 Å². The lowest BCUT2D eigenvalue weighted by atomic mass is 10.2. The van der Waals surface area contributed by atoms with Gasteiger partial charge >= 0.3 is 0 Å². The van der Waals surface area contributed by atoms with Gasteiger partial charge < -0.3 is 20.5 Å². The molecule has 1 aromatic carbocycles.